The minimum atomic E-state index is -0.146. The first-order chi connectivity index (χ1) is 12.3. The van der Waals surface area contributed by atoms with Crippen LogP contribution in [0.4, 0.5) is 17.2 Å². The first-order valence-corrected chi connectivity index (χ1v) is 9.03. The molecule has 1 saturated carbocycles. The predicted molar refractivity (Wildman–Crippen MR) is 98.3 cm³/mol. The Morgan fingerprint density at radius 2 is 1.76 bits per heavy atom. The zero-order chi connectivity index (χ0) is 17.1. The molecule has 1 saturated heterocycles. The lowest BCUT2D eigenvalue weighted by molar-refractivity contribution is 0.0945. The Kier molecular flexibility index (Phi) is 4.50. The minimum Gasteiger partial charge on any atom is -0.372 e. The molecule has 25 heavy (non-hydrogen) atoms. The fourth-order valence-corrected chi connectivity index (χ4v) is 3.05. The molecule has 2 fully saturated rings. The summed E-state index contributed by atoms with van der Waals surface area (Å²) in [4.78, 5) is 22.8. The second-order valence-corrected chi connectivity index (χ2v) is 6.75. The van der Waals surface area contributed by atoms with Crippen molar-refractivity contribution in [3.63, 3.8) is 0 Å². The van der Waals surface area contributed by atoms with Crippen molar-refractivity contribution in [1.82, 2.24) is 15.3 Å². The molecule has 6 heteroatoms. The van der Waals surface area contributed by atoms with E-state index in [4.69, 9.17) is 0 Å². The van der Waals surface area contributed by atoms with Crippen LogP contribution in [0.3, 0.4) is 0 Å². The van der Waals surface area contributed by atoms with Gasteiger partial charge in [-0.15, -0.1) is 0 Å². The molecular weight excluding hydrogens is 314 g/mol. The molecule has 0 unspecified atom stereocenters. The maximum Gasteiger partial charge on any atom is 0.271 e. The fraction of sp³-hybridized carbons (Fsp3) is 0.421. The Bertz CT molecular complexity index is 718. The highest BCUT2D eigenvalue weighted by molar-refractivity contribution is 5.92. The summed E-state index contributed by atoms with van der Waals surface area (Å²) in [6.07, 6.45) is 9.12. The van der Waals surface area contributed by atoms with Gasteiger partial charge in [0.05, 0.1) is 12.4 Å². The lowest BCUT2D eigenvalue weighted by Gasteiger charge is -2.28. The van der Waals surface area contributed by atoms with Crippen molar-refractivity contribution in [2.45, 2.75) is 38.1 Å². The van der Waals surface area contributed by atoms with E-state index in [0.717, 1.165) is 31.6 Å². The number of benzene rings is 1. The first kappa shape index (κ1) is 15.9. The quantitative estimate of drug-likeness (QED) is 0.877. The summed E-state index contributed by atoms with van der Waals surface area (Å²) in [6.45, 7) is 2.28. The van der Waals surface area contributed by atoms with E-state index < -0.39 is 0 Å². The van der Waals surface area contributed by atoms with Gasteiger partial charge in [-0.05, 0) is 56.4 Å². The molecule has 1 aliphatic heterocycles. The lowest BCUT2D eigenvalue weighted by atomic mass is 10.1. The number of piperidine rings is 1. The highest BCUT2D eigenvalue weighted by Gasteiger charge is 2.24. The van der Waals surface area contributed by atoms with E-state index in [1.165, 1.54) is 31.1 Å². The number of rotatable bonds is 5. The van der Waals surface area contributed by atoms with E-state index in [1.807, 2.05) is 0 Å². The predicted octanol–water partition coefficient (Wildman–Crippen LogP) is 3.10. The van der Waals surface area contributed by atoms with Crippen molar-refractivity contribution in [1.29, 1.82) is 0 Å². The number of carbonyl (C=O) groups is 1. The molecule has 130 valence electrons. The van der Waals surface area contributed by atoms with Crippen molar-refractivity contribution < 1.29 is 4.79 Å². The molecule has 0 atom stereocenters. The van der Waals surface area contributed by atoms with E-state index in [1.54, 1.807) is 6.20 Å². The third-order valence-corrected chi connectivity index (χ3v) is 4.66. The molecule has 2 heterocycles. The van der Waals surface area contributed by atoms with Crippen LogP contribution in [0.25, 0.3) is 0 Å². The topological polar surface area (TPSA) is 70.2 Å². The third kappa shape index (κ3) is 4.07. The van der Waals surface area contributed by atoms with Crippen molar-refractivity contribution in [3.05, 3.63) is 42.4 Å². The second kappa shape index (κ2) is 7.09. The average Bonchev–Trinajstić information content (AvgIpc) is 3.48. The summed E-state index contributed by atoms with van der Waals surface area (Å²) in [6, 6.07) is 8.71. The molecule has 1 aromatic carbocycles. The highest BCUT2D eigenvalue weighted by Crippen LogP contribution is 2.23. The summed E-state index contributed by atoms with van der Waals surface area (Å²) in [5, 5.41) is 6.14. The van der Waals surface area contributed by atoms with Crippen LogP contribution in [0.2, 0.25) is 0 Å². The monoisotopic (exact) mass is 337 g/mol. The molecule has 4 rings (SSSR count). The van der Waals surface area contributed by atoms with Gasteiger partial charge >= 0.3 is 0 Å². The van der Waals surface area contributed by atoms with Crippen LogP contribution in [0, 0.1) is 0 Å². The molecule has 2 aliphatic rings. The van der Waals surface area contributed by atoms with Gasteiger partial charge in [-0.2, -0.15) is 0 Å². The van der Waals surface area contributed by atoms with Gasteiger partial charge in [0, 0.05) is 30.5 Å². The molecular formula is C19H23N5O. The van der Waals surface area contributed by atoms with Gasteiger partial charge < -0.3 is 15.5 Å². The van der Waals surface area contributed by atoms with E-state index >= 15 is 0 Å². The van der Waals surface area contributed by atoms with E-state index in [-0.39, 0.29) is 5.91 Å². The molecule has 0 radical (unpaired) electrons. The van der Waals surface area contributed by atoms with Crippen molar-refractivity contribution >= 4 is 23.1 Å². The average molecular weight is 337 g/mol. The van der Waals surface area contributed by atoms with Crippen molar-refractivity contribution in [2.75, 3.05) is 23.3 Å². The van der Waals surface area contributed by atoms with Crippen molar-refractivity contribution in [3.8, 4) is 0 Å². The highest BCUT2D eigenvalue weighted by atomic mass is 16.2. The van der Waals surface area contributed by atoms with Gasteiger partial charge in [0.2, 0.25) is 0 Å². The van der Waals surface area contributed by atoms with Crippen molar-refractivity contribution in [2.24, 2.45) is 0 Å². The summed E-state index contributed by atoms with van der Waals surface area (Å²) >= 11 is 0. The Hall–Kier alpha value is -2.63. The number of carbonyl (C=O) groups excluding carboxylic acids is 1. The Morgan fingerprint density at radius 3 is 2.40 bits per heavy atom. The normalized spacial score (nSPS) is 17.2. The maximum absolute atomic E-state index is 11.9. The Balaban J connectivity index is 1.37. The van der Waals surface area contributed by atoms with Crippen LogP contribution >= 0.6 is 0 Å². The standard InChI is InChI=1S/C19H23N5O/c25-19(23-15-4-5-15)17-12-21-18(13-20-17)22-14-6-8-16(9-7-14)24-10-2-1-3-11-24/h6-9,12-13,15H,1-5,10-11H2,(H,21,22)(H,23,25). The molecule has 2 N–H and O–H groups in total. The third-order valence-electron chi connectivity index (χ3n) is 4.66. The van der Waals surface area contributed by atoms with Crippen LogP contribution in [-0.2, 0) is 0 Å². The molecule has 0 spiro atoms. The molecule has 1 amide bonds. The van der Waals surface area contributed by atoms with E-state index in [0.29, 0.717) is 17.6 Å². The second-order valence-electron chi connectivity index (χ2n) is 6.75. The summed E-state index contributed by atoms with van der Waals surface area (Å²) in [7, 11) is 0. The fourth-order valence-electron chi connectivity index (χ4n) is 3.05. The summed E-state index contributed by atoms with van der Waals surface area (Å²) in [5.74, 6) is 0.487. The first-order valence-electron chi connectivity index (χ1n) is 9.03. The lowest BCUT2D eigenvalue weighted by Crippen LogP contribution is -2.29. The zero-order valence-electron chi connectivity index (χ0n) is 14.2. The smallest absolute Gasteiger partial charge is 0.271 e. The van der Waals surface area contributed by atoms with Gasteiger partial charge in [0.1, 0.15) is 11.5 Å². The zero-order valence-corrected chi connectivity index (χ0v) is 14.2. The molecule has 2 aromatic rings. The van der Waals surface area contributed by atoms with Crippen LogP contribution < -0.4 is 15.5 Å². The number of hydrogen-bond donors (Lipinski definition) is 2. The number of nitrogens with zero attached hydrogens (tertiary/aromatic N) is 3. The van der Waals surface area contributed by atoms with Crippen LogP contribution in [0.5, 0.6) is 0 Å². The molecule has 1 aliphatic carbocycles. The van der Waals surface area contributed by atoms with Crippen LogP contribution in [-0.4, -0.2) is 35.0 Å². The van der Waals surface area contributed by atoms with E-state index in [2.05, 4.69) is 49.8 Å². The Labute approximate surface area is 147 Å². The summed E-state index contributed by atoms with van der Waals surface area (Å²) in [5.41, 5.74) is 2.59. The van der Waals surface area contributed by atoms with Gasteiger partial charge in [-0.1, -0.05) is 0 Å². The van der Waals surface area contributed by atoms with Crippen LogP contribution in [0.1, 0.15) is 42.6 Å². The number of anilines is 3. The molecule has 6 nitrogen and oxygen atoms in total. The molecule has 0 bridgehead atoms. The van der Waals surface area contributed by atoms with E-state index in [9.17, 15) is 4.79 Å². The summed E-state index contributed by atoms with van der Waals surface area (Å²) < 4.78 is 0. The maximum atomic E-state index is 11.9. The SMILES string of the molecule is O=C(NC1CC1)c1cnc(Nc2ccc(N3CCCCC3)cc2)cn1. The number of nitrogens with one attached hydrogen (secondary N) is 2. The molecule has 1 aromatic heterocycles. The largest absolute Gasteiger partial charge is 0.372 e. The minimum absolute atomic E-state index is 0.146. The van der Waals surface area contributed by atoms with Gasteiger partial charge in [-0.3, -0.25) is 4.79 Å². The number of aromatic nitrogens is 2. The Morgan fingerprint density at radius 1 is 1.00 bits per heavy atom. The number of hydrogen-bond acceptors (Lipinski definition) is 5. The van der Waals surface area contributed by atoms with Gasteiger partial charge in [-0.25, -0.2) is 9.97 Å². The van der Waals surface area contributed by atoms with Gasteiger partial charge in [0.25, 0.3) is 5.91 Å². The van der Waals surface area contributed by atoms with Crippen LogP contribution in [0.15, 0.2) is 36.7 Å². The number of amides is 1. The van der Waals surface area contributed by atoms with Gasteiger partial charge in [0.15, 0.2) is 0 Å².